The highest BCUT2D eigenvalue weighted by atomic mass is 35.5. The molecule has 1 N–H and O–H groups in total. The van der Waals surface area contributed by atoms with Crippen LogP contribution < -0.4 is 5.32 Å². The van der Waals surface area contributed by atoms with Gasteiger partial charge in [0.1, 0.15) is 6.04 Å². The van der Waals surface area contributed by atoms with Crippen molar-refractivity contribution in [3.8, 4) is 11.4 Å². The van der Waals surface area contributed by atoms with E-state index < -0.39 is 0 Å². The number of hydrogen-bond acceptors (Lipinski definition) is 3. The number of allylic oxidation sites excluding steroid dienone is 1. The normalized spacial score (nSPS) is 15.4. The average Bonchev–Trinajstić information content (AvgIpc) is 3.19. The Morgan fingerprint density at radius 3 is 2.10 bits per heavy atom. The average molecular weight is 419 g/mol. The minimum Gasteiger partial charge on any atom is -0.324 e. The second-order valence-electron chi connectivity index (χ2n) is 6.78. The highest BCUT2D eigenvalue weighted by molar-refractivity contribution is 6.30. The van der Waals surface area contributed by atoms with Crippen molar-refractivity contribution in [3.63, 3.8) is 0 Å². The largest absolute Gasteiger partial charge is 0.324 e. The van der Waals surface area contributed by atoms with Gasteiger partial charge in [0.15, 0.2) is 5.82 Å². The summed E-state index contributed by atoms with van der Waals surface area (Å²) in [5, 5.41) is 9.59. The lowest BCUT2D eigenvalue weighted by molar-refractivity contribution is 0.613. The van der Waals surface area contributed by atoms with Crippen LogP contribution >= 0.6 is 23.2 Å². The standard InChI is InChI=1S/C23H16Cl2N4/c24-18-10-6-16(7-11-18)21-14-20(15-4-2-1-3-5-15)26-23-27-22(28-29(21)23)17-8-12-19(25)13-9-17/h1-14,21H,(H,26,27,28)/t21-/m0/s1. The first-order valence-electron chi connectivity index (χ1n) is 9.19. The van der Waals surface area contributed by atoms with Gasteiger partial charge in [0, 0.05) is 21.3 Å². The lowest BCUT2D eigenvalue weighted by Crippen LogP contribution is -2.20. The van der Waals surface area contributed by atoms with Crippen LogP contribution in [0.3, 0.4) is 0 Å². The van der Waals surface area contributed by atoms with Crippen molar-refractivity contribution in [2.45, 2.75) is 6.04 Å². The van der Waals surface area contributed by atoms with Gasteiger partial charge in [-0.25, -0.2) is 4.68 Å². The molecule has 142 valence electrons. The van der Waals surface area contributed by atoms with Gasteiger partial charge in [-0.2, -0.15) is 4.98 Å². The summed E-state index contributed by atoms with van der Waals surface area (Å²) in [6.07, 6.45) is 2.16. The Morgan fingerprint density at radius 2 is 1.41 bits per heavy atom. The number of nitrogens with zero attached hydrogens (tertiary/aromatic N) is 3. The molecule has 0 amide bonds. The second kappa shape index (κ2) is 7.39. The van der Waals surface area contributed by atoms with Gasteiger partial charge in [0.25, 0.3) is 0 Å². The summed E-state index contributed by atoms with van der Waals surface area (Å²) in [6.45, 7) is 0. The number of halogens is 2. The van der Waals surface area contributed by atoms with E-state index in [1.165, 1.54) is 0 Å². The predicted octanol–water partition coefficient (Wildman–Crippen LogP) is 6.31. The molecule has 5 rings (SSSR count). The van der Waals surface area contributed by atoms with E-state index >= 15 is 0 Å². The van der Waals surface area contributed by atoms with Crippen LogP contribution in [0, 0.1) is 0 Å². The zero-order valence-corrected chi connectivity index (χ0v) is 16.8. The molecule has 0 saturated carbocycles. The quantitative estimate of drug-likeness (QED) is 0.423. The fourth-order valence-electron chi connectivity index (χ4n) is 3.40. The number of fused-ring (bicyclic) bond motifs is 1. The molecule has 0 bridgehead atoms. The third-order valence-corrected chi connectivity index (χ3v) is 5.37. The van der Waals surface area contributed by atoms with Crippen molar-refractivity contribution in [3.05, 3.63) is 106 Å². The van der Waals surface area contributed by atoms with Crippen molar-refractivity contribution in [1.82, 2.24) is 14.8 Å². The number of benzene rings is 3. The fourth-order valence-corrected chi connectivity index (χ4v) is 3.65. The van der Waals surface area contributed by atoms with E-state index in [1.807, 2.05) is 71.4 Å². The Labute approximate surface area is 178 Å². The van der Waals surface area contributed by atoms with Crippen molar-refractivity contribution in [1.29, 1.82) is 0 Å². The van der Waals surface area contributed by atoms with Gasteiger partial charge in [0.2, 0.25) is 5.95 Å². The highest BCUT2D eigenvalue weighted by Crippen LogP contribution is 2.34. The number of nitrogens with one attached hydrogen (secondary N) is 1. The van der Waals surface area contributed by atoms with Crippen LogP contribution in [0.1, 0.15) is 17.2 Å². The maximum atomic E-state index is 6.10. The third-order valence-electron chi connectivity index (χ3n) is 4.86. The molecule has 2 heterocycles. The molecule has 0 fully saturated rings. The Balaban J connectivity index is 1.62. The molecule has 4 nitrogen and oxygen atoms in total. The van der Waals surface area contributed by atoms with Crippen LogP contribution in [0.25, 0.3) is 17.1 Å². The summed E-state index contributed by atoms with van der Waals surface area (Å²) >= 11 is 12.1. The Hall–Kier alpha value is -3.08. The molecule has 6 heteroatoms. The van der Waals surface area contributed by atoms with E-state index in [9.17, 15) is 0 Å². The van der Waals surface area contributed by atoms with Crippen molar-refractivity contribution < 1.29 is 0 Å². The summed E-state index contributed by atoms with van der Waals surface area (Å²) in [5.41, 5.74) is 4.08. The van der Waals surface area contributed by atoms with Gasteiger partial charge in [0.05, 0.1) is 0 Å². The first-order chi connectivity index (χ1) is 14.2. The second-order valence-corrected chi connectivity index (χ2v) is 7.65. The highest BCUT2D eigenvalue weighted by Gasteiger charge is 2.25. The molecule has 0 spiro atoms. The summed E-state index contributed by atoms with van der Waals surface area (Å²) in [5.74, 6) is 1.34. The third kappa shape index (κ3) is 3.53. The number of rotatable bonds is 3. The zero-order valence-electron chi connectivity index (χ0n) is 15.3. The monoisotopic (exact) mass is 418 g/mol. The summed E-state index contributed by atoms with van der Waals surface area (Å²) in [7, 11) is 0. The summed E-state index contributed by atoms with van der Waals surface area (Å²) in [4.78, 5) is 4.75. The molecule has 4 aromatic rings. The predicted molar refractivity (Wildman–Crippen MR) is 118 cm³/mol. The maximum absolute atomic E-state index is 6.10. The van der Waals surface area contributed by atoms with Gasteiger partial charge in [-0.15, -0.1) is 5.10 Å². The number of hydrogen-bond donors (Lipinski definition) is 1. The van der Waals surface area contributed by atoms with Crippen LogP contribution in [-0.2, 0) is 0 Å². The van der Waals surface area contributed by atoms with Crippen LogP contribution in [0.4, 0.5) is 5.95 Å². The van der Waals surface area contributed by atoms with Gasteiger partial charge < -0.3 is 5.32 Å². The molecule has 1 aliphatic rings. The molecule has 0 aliphatic carbocycles. The van der Waals surface area contributed by atoms with E-state index in [1.54, 1.807) is 0 Å². The van der Waals surface area contributed by atoms with E-state index in [0.29, 0.717) is 21.8 Å². The minimum absolute atomic E-state index is 0.104. The summed E-state index contributed by atoms with van der Waals surface area (Å²) < 4.78 is 1.90. The molecular formula is C23H16Cl2N4. The van der Waals surface area contributed by atoms with Crippen LogP contribution in [0.5, 0.6) is 0 Å². The molecular weight excluding hydrogens is 403 g/mol. The lowest BCUT2D eigenvalue weighted by atomic mass is 10.0. The molecule has 0 saturated heterocycles. The van der Waals surface area contributed by atoms with Crippen molar-refractivity contribution in [2.24, 2.45) is 0 Å². The smallest absolute Gasteiger partial charge is 0.227 e. The fraction of sp³-hybridized carbons (Fsp3) is 0.0435. The molecule has 0 radical (unpaired) electrons. The van der Waals surface area contributed by atoms with E-state index in [2.05, 4.69) is 23.5 Å². The minimum atomic E-state index is -0.104. The molecule has 1 aliphatic heterocycles. The van der Waals surface area contributed by atoms with Gasteiger partial charge in [-0.1, -0.05) is 65.7 Å². The van der Waals surface area contributed by atoms with Crippen molar-refractivity contribution in [2.75, 3.05) is 5.32 Å². The first kappa shape index (κ1) is 18.0. The maximum Gasteiger partial charge on any atom is 0.227 e. The van der Waals surface area contributed by atoms with Gasteiger partial charge in [-0.3, -0.25) is 0 Å². The Kier molecular flexibility index (Phi) is 4.58. The molecule has 0 unspecified atom stereocenters. The zero-order chi connectivity index (χ0) is 19.8. The SMILES string of the molecule is Clc1ccc(-c2nc3n(n2)[C@H](c2ccc(Cl)cc2)C=C(c2ccccc2)N3)cc1. The molecule has 1 atom stereocenters. The molecule has 29 heavy (non-hydrogen) atoms. The Morgan fingerprint density at radius 1 is 0.759 bits per heavy atom. The Bertz CT molecular complexity index is 1180. The van der Waals surface area contributed by atoms with E-state index in [4.69, 9.17) is 33.3 Å². The van der Waals surface area contributed by atoms with Gasteiger partial charge in [-0.05, 0) is 53.6 Å². The number of anilines is 1. The van der Waals surface area contributed by atoms with Crippen LogP contribution in [0.15, 0.2) is 84.9 Å². The molecule has 1 aromatic heterocycles. The lowest BCUT2D eigenvalue weighted by Gasteiger charge is -2.24. The van der Waals surface area contributed by atoms with Crippen LogP contribution in [-0.4, -0.2) is 14.8 Å². The van der Waals surface area contributed by atoms with Gasteiger partial charge >= 0.3 is 0 Å². The van der Waals surface area contributed by atoms with E-state index in [0.717, 1.165) is 22.4 Å². The van der Waals surface area contributed by atoms with Crippen LogP contribution in [0.2, 0.25) is 10.0 Å². The topological polar surface area (TPSA) is 42.7 Å². The molecule has 3 aromatic carbocycles. The first-order valence-corrected chi connectivity index (χ1v) is 9.95. The van der Waals surface area contributed by atoms with E-state index in [-0.39, 0.29) is 6.04 Å². The number of aromatic nitrogens is 3. The van der Waals surface area contributed by atoms with Crippen molar-refractivity contribution >= 4 is 34.8 Å². The summed E-state index contributed by atoms with van der Waals surface area (Å²) in [6, 6.07) is 25.4.